The van der Waals surface area contributed by atoms with Crippen LogP contribution in [0, 0.1) is 18.6 Å². The summed E-state index contributed by atoms with van der Waals surface area (Å²) in [5.74, 6) is -0.886. The molecular formula is C31H29F2N5O2S. The molecule has 0 atom stereocenters. The van der Waals surface area contributed by atoms with E-state index in [1.54, 1.807) is 30.0 Å². The molecule has 7 nitrogen and oxygen atoms in total. The zero-order chi connectivity index (χ0) is 28.7. The summed E-state index contributed by atoms with van der Waals surface area (Å²) >= 11 is 1.43. The van der Waals surface area contributed by atoms with Crippen molar-refractivity contribution in [3.05, 3.63) is 83.0 Å². The number of pyridine rings is 1. The molecule has 10 heteroatoms. The van der Waals surface area contributed by atoms with E-state index >= 15 is 4.39 Å². The van der Waals surface area contributed by atoms with Crippen LogP contribution in [0.4, 0.5) is 14.5 Å². The quantitative estimate of drug-likeness (QED) is 0.287. The van der Waals surface area contributed by atoms with Gasteiger partial charge < -0.3 is 14.9 Å². The molecule has 1 aliphatic rings. The second-order valence-corrected chi connectivity index (χ2v) is 10.9. The van der Waals surface area contributed by atoms with Crippen molar-refractivity contribution in [2.45, 2.75) is 20.3 Å². The number of rotatable bonds is 6. The van der Waals surface area contributed by atoms with Gasteiger partial charge in [-0.25, -0.2) is 18.7 Å². The number of aromatic nitrogens is 3. The van der Waals surface area contributed by atoms with Crippen LogP contribution in [0.3, 0.4) is 0 Å². The van der Waals surface area contributed by atoms with Crippen molar-refractivity contribution in [2.24, 2.45) is 0 Å². The van der Waals surface area contributed by atoms with Crippen LogP contribution in [0.5, 0.6) is 0 Å². The Kier molecular flexibility index (Phi) is 7.27. The number of carbonyl (C=O) groups is 1. The molecule has 1 fully saturated rings. The normalized spacial score (nSPS) is 13.8. The Morgan fingerprint density at radius 2 is 1.71 bits per heavy atom. The Bertz CT molecular complexity index is 1740. The fourth-order valence-electron chi connectivity index (χ4n) is 5.37. The van der Waals surface area contributed by atoms with Gasteiger partial charge >= 0.3 is 0 Å². The lowest BCUT2D eigenvalue weighted by Crippen LogP contribution is -2.49. The number of hydrogen-bond donors (Lipinski definition) is 1. The molecule has 41 heavy (non-hydrogen) atoms. The van der Waals surface area contributed by atoms with Crippen molar-refractivity contribution in [3.8, 4) is 33.1 Å². The van der Waals surface area contributed by atoms with Gasteiger partial charge in [0.25, 0.3) is 0 Å². The number of carbonyl (C=O) groups excluding carboxylic acids is 1. The molecule has 0 aliphatic carbocycles. The van der Waals surface area contributed by atoms with Crippen LogP contribution in [0.2, 0.25) is 0 Å². The van der Waals surface area contributed by atoms with Gasteiger partial charge in [0.05, 0.1) is 22.8 Å². The average molecular weight is 574 g/mol. The number of piperazine rings is 1. The van der Waals surface area contributed by atoms with Gasteiger partial charge in [0.15, 0.2) is 0 Å². The van der Waals surface area contributed by atoms with E-state index in [0.29, 0.717) is 54.3 Å². The molecule has 0 saturated carbocycles. The van der Waals surface area contributed by atoms with Gasteiger partial charge in [-0.3, -0.25) is 9.20 Å². The summed E-state index contributed by atoms with van der Waals surface area (Å²) in [6, 6.07) is 13.8. The van der Waals surface area contributed by atoms with Crippen LogP contribution < -0.4 is 4.90 Å². The summed E-state index contributed by atoms with van der Waals surface area (Å²) in [6.07, 6.45) is 2.63. The second-order valence-electron chi connectivity index (χ2n) is 10.0. The van der Waals surface area contributed by atoms with E-state index in [-0.39, 0.29) is 17.5 Å². The highest BCUT2D eigenvalue weighted by Gasteiger charge is 2.24. The number of aliphatic hydroxyl groups is 1. The van der Waals surface area contributed by atoms with E-state index in [1.165, 1.54) is 23.5 Å². The number of amides is 1. The topological polar surface area (TPSA) is 74.0 Å². The van der Waals surface area contributed by atoms with E-state index in [0.717, 1.165) is 34.0 Å². The molecule has 1 amide bonds. The molecule has 1 saturated heterocycles. The zero-order valence-electron chi connectivity index (χ0n) is 22.8. The van der Waals surface area contributed by atoms with E-state index < -0.39 is 6.61 Å². The number of benzene rings is 2. The number of aryl methyl sites for hydroxylation is 1. The Labute approximate surface area is 240 Å². The fraction of sp³-hybridized carbons (Fsp3) is 0.258. The highest BCUT2D eigenvalue weighted by Crippen LogP contribution is 2.37. The number of nitrogens with zero attached hydrogens (tertiary/aromatic N) is 5. The number of fused-ring (bicyclic) bond motifs is 1. The lowest BCUT2D eigenvalue weighted by molar-refractivity contribution is -0.134. The third kappa shape index (κ3) is 4.98. The Morgan fingerprint density at radius 1 is 0.976 bits per heavy atom. The molecule has 210 valence electrons. The summed E-state index contributed by atoms with van der Waals surface area (Å²) in [5, 5.41) is 11.8. The maximum absolute atomic E-state index is 16.2. The number of thiazole rings is 1. The highest BCUT2D eigenvalue weighted by molar-refractivity contribution is 7.13. The van der Waals surface area contributed by atoms with Gasteiger partial charge in [0.1, 0.15) is 28.9 Å². The molecular weight excluding hydrogens is 544 g/mol. The molecule has 2 aromatic carbocycles. The predicted molar refractivity (Wildman–Crippen MR) is 157 cm³/mol. The standard InChI is InChI=1S/C31H29F2N5O2S/c1-3-25-30(38-16-22(8-11-27(38)34-25)36-12-14-37(15-13-36)28(40)17-39)24-10-9-23(19(2)29(24)33)31-35-26(18-41-31)20-4-6-21(32)7-5-20/h4-11,16,18,39H,3,12-15,17H2,1-2H3. The molecule has 6 rings (SSSR count). The van der Waals surface area contributed by atoms with Crippen LogP contribution >= 0.6 is 11.3 Å². The third-order valence-electron chi connectivity index (χ3n) is 7.66. The first-order chi connectivity index (χ1) is 19.9. The molecule has 1 aliphatic heterocycles. The minimum absolute atomic E-state index is 0.261. The largest absolute Gasteiger partial charge is 0.387 e. The predicted octanol–water partition coefficient (Wildman–Crippen LogP) is 5.58. The van der Waals surface area contributed by atoms with Crippen molar-refractivity contribution in [3.63, 3.8) is 0 Å². The van der Waals surface area contributed by atoms with Crippen molar-refractivity contribution < 1.29 is 18.7 Å². The monoisotopic (exact) mass is 573 g/mol. The maximum atomic E-state index is 16.2. The van der Waals surface area contributed by atoms with Crippen LogP contribution in [-0.2, 0) is 11.2 Å². The van der Waals surface area contributed by atoms with Crippen LogP contribution in [0.25, 0.3) is 38.7 Å². The van der Waals surface area contributed by atoms with E-state index in [1.807, 2.05) is 41.1 Å². The van der Waals surface area contributed by atoms with Gasteiger partial charge in [-0.2, -0.15) is 0 Å². The zero-order valence-corrected chi connectivity index (χ0v) is 23.6. The van der Waals surface area contributed by atoms with Crippen molar-refractivity contribution in [1.82, 2.24) is 19.3 Å². The Hall–Kier alpha value is -4.15. The number of anilines is 1. The number of aliphatic hydroxyl groups excluding tert-OH is 1. The summed E-state index contributed by atoms with van der Waals surface area (Å²) in [4.78, 5) is 25.2. The van der Waals surface area contributed by atoms with Crippen molar-refractivity contribution >= 4 is 28.6 Å². The second kappa shape index (κ2) is 11.0. The summed E-state index contributed by atoms with van der Waals surface area (Å²) < 4.78 is 31.5. The summed E-state index contributed by atoms with van der Waals surface area (Å²) in [7, 11) is 0. The van der Waals surface area contributed by atoms with E-state index in [9.17, 15) is 14.3 Å². The molecule has 0 unspecified atom stereocenters. The molecule has 1 N–H and O–H groups in total. The summed E-state index contributed by atoms with van der Waals surface area (Å²) in [6.45, 7) is 5.63. The van der Waals surface area contributed by atoms with Crippen LogP contribution in [0.15, 0.2) is 60.1 Å². The fourth-order valence-corrected chi connectivity index (χ4v) is 6.28. The molecule has 3 aromatic heterocycles. The minimum Gasteiger partial charge on any atom is -0.387 e. The average Bonchev–Trinajstić information content (AvgIpc) is 3.63. The van der Waals surface area contributed by atoms with Gasteiger partial charge in [0.2, 0.25) is 5.91 Å². The maximum Gasteiger partial charge on any atom is 0.248 e. The SMILES string of the molecule is CCc1nc2ccc(N3CCN(C(=O)CO)CC3)cn2c1-c1ccc(-c2nc(-c3ccc(F)cc3)cs2)c(C)c1F. The smallest absolute Gasteiger partial charge is 0.248 e. The minimum atomic E-state index is -0.480. The first-order valence-electron chi connectivity index (χ1n) is 13.5. The van der Waals surface area contributed by atoms with Crippen LogP contribution in [-0.4, -0.2) is 63.1 Å². The number of halogens is 2. The van der Waals surface area contributed by atoms with Crippen molar-refractivity contribution in [2.75, 3.05) is 37.7 Å². The molecule has 0 bridgehead atoms. The lowest BCUT2D eigenvalue weighted by Gasteiger charge is -2.35. The molecule has 0 radical (unpaired) electrons. The van der Waals surface area contributed by atoms with Gasteiger partial charge in [-0.15, -0.1) is 11.3 Å². The van der Waals surface area contributed by atoms with Crippen LogP contribution in [0.1, 0.15) is 18.2 Å². The highest BCUT2D eigenvalue weighted by atomic mass is 32.1. The van der Waals surface area contributed by atoms with Gasteiger partial charge in [-0.1, -0.05) is 13.0 Å². The Morgan fingerprint density at radius 3 is 2.41 bits per heavy atom. The lowest BCUT2D eigenvalue weighted by atomic mass is 10.0. The molecule has 5 aromatic rings. The third-order valence-corrected chi connectivity index (χ3v) is 8.53. The molecule has 0 spiro atoms. The van der Waals surface area contributed by atoms with Gasteiger partial charge in [-0.05, 0) is 61.4 Å². The van der Waals surface area contributed by atoms with E-state index in [2.05, 4.69) is 4.90 Å². The first-order valence-corrected chi connectivity index (χ1v) is 14.4. The summed E-state index contributed by atoms with van der Waals surface area (Å²) in [5.41, 5.74) is 6.43. The Balaban J connectivity index is 1.35. The van der Waals surface area contributed by atoms with Gasteiger partial charge in [0, 0.05) is 54.4 Å². The number of imidazole rings is 1. The molecule has 4 heterocycles. The van der Waals surface area contributed by atoms with E-state index in [4.69, 9.17) is 9.97 Å². The first kappa shape index (κ1) is 27.0. The number of hydrogen-bond acceptors (Lipinski definition) is 6. The van der Waals surface area contributed by atoms with Crippen molar-refractivity contribution in [1.29, 1.82) is 0 Å².